The Labute approximate surface area is 84.8 Å². The number of nitrogen functional groups attached to an aromatic ring is 1. The number of para-hydroxylation sites is 1. The molecule has 2 aromatic rings. The topological polar surface area (TPSA) is 48.0 Å². The van der Waals surface area contributed by atoms with Gasteiger partial charge in [-0.25, -0.2) is 4.21 Å². The highest BCUT2D eigenvalue weighted by atomic mass is 32.2. The van der Waals surface area contributed by atoms with E-state index in [0.717, 1.165) is 0 Å². The molecule has 3 nitrogen and oxygen atoms in total. The first-order valence-electron chi connectivity index (χ1n) is 4.19. The fourth-order valence-corrected chi connectivity index (χ4v) is 2.24. The molecule has 0 aliphatic rings. The Morgan fingerprint density at radius 2 is 1.71 bits per heavy atom. The molecule has 72 valence electrons. The molecular formula is C10H10N2OS. The number of benzene rings is 1. The lowest BCUT2D eigenvalue weighted by Crippen LogP contribution is -2.04. The molecule has 0 amide bonds. The van der Waals surface area contributed by atoms with E-state index >= 15 is 0 Å². The zero-order valence-electron chi connectivity index (χ0n) is 7.46. The molecule has 0 bridgehead atoms. The van der Waals surface area contributed by atoms with Gasteiger partial charge in [0.15, 0.2) is 11.0 Å². The number of rotatable bonds is 2. The second-order valence-electron chi connectivity index (χ2n) is 2.83. The van der Waals surface area contributed by atoms with E-state index < -0.39 is 11.0 Å². The third kappa shape index (κ3) is 1.56. The van der Waals surface area contributed by atoms with Crippen molar-refractivity contribution < 1.29 is 4.21 Å². The summed E-state index contributed by atoms with van der Waals surface area (Å²) in [5, 5.41) is 0. The van der Waals surface area contributed by atoms with Crippen molar-refractivity contribution in [3.63, 3.8) is 0 Å². The number of hydrogen-bond acceptors (Lipinski definition) is 2. The van der Waals surface area contributed by atoms with Crippen LogP contribution in [0, 0.1) is 0 Å². The number of aromatic nitrogens is 1. The number of nitrogens with zero attached hydrogens (tertiary/aromatic N) is 1. The Morgan fingerprint density at radius 3 is 2.36 bits per heavy atom. The Hall–Kier alpha value is -1.55. The van der Waals surface area contributed by atoms with Gasteiger partial charge in [-0.1, -0.05) is 12.1 Å². The summed E-state index contributed by atoms with van der Waals surface area (Å²) in [5.41, 5.74) is 6.28. The predicted octanol–water partition coefficient (Wildman–Crippen LogP) is 1.64. The van der Waals surface area contributed by atoms with Crippen molar-refractivity contribution in [3.05, 3.63) is 48.8 Å². The highest BCUT2D eigenvalue weighted by Gasteiger charge is 2.07. The maximum Gasteiger partial charge on any atom is 0.158 e. The Kier molecular flexibility index (Phi) is 2.37. The monoisotopic (exact) mass is 206 g/mol. The van der Waals surface area contributed by atoms with E-state index in [1.165, 1.54) is 0 Å². The van der Waals surface area contributed by atoms with E-state index in [1.807, 2.05) is 24.3 Å². The Bertz CT molecular complexity index is 451. The van der Waals surface area contributed by atoms with E-state index in [-0.39, 0.29) is 0 Å². The normalized spacial score (nSPS) is 12.6. The minimum absolute atomic E-state index is 0.555. The molecule has 2 N–H and O–H groups in total. The highest BCUT2D eigenvalue weighted by molar-refractivity contribution is 7.83. The summed E-state index contributed by atoms with van der Waals surface area (Å²) in [6, 6.07) is 10.8. The molecule has 1 aromatic heterocycles. The molecule has 0 spiro atoms. The molecule has 1 aromatic carbocycles. The average Bonchev–Trinajstić information content (AvgIpc) is 2.70. The molecule has 0 radical (unpaired) electrons. The summed E-state index contributed by atoms with van der Waals surface area (Å²) < 4.78 is 13.5. The van der Waals surface area contributed by atoms with Crippen LogP contribution in [0.4, 0.5) is 5.69 Å². The second-order valence-corrected chi connectivity index (χ2v) is 4.19. The van der Waals surface area contributed by atoms with E-state index in [2.05, 4.69) is 0 Å². The molecule has 0 aliphatic heterocycles. The second kappa shape index (κ2) is 3.67. The largest absolute Gasteiger partial charge is 0.398 e. The maximum atomic E-state index is 11.9. The van der Waals surface area contributed by atoms with E-state index in [9.17, 15) is 4.21 Å². The van der Waals surface area contributed by atoms with Crippen LogP contribution in [-0.4, -0.2) is 8.18 Å². The number of anilines is 1. The molecule has 1 unspecified atom stereocenters. The van der Waals surface area contributed by atoms with Gasteiger partial charge in [0, 0.05) is 18.1 Å². The van der Waals surface area contributed by atoms with Gasteiger partial charge in [-0.05, 0) is 24.3 Å². The summed E-state index contributed by atoms with van der Waals surface area (Å²) >= 11 is 0. The fourth-order valence-electron chi connectivity index (χ4n) is 1.18. The Balaban J connectivity index is 2.42. The molecule has 1 atom stereocenters. The maximum absolute atomic E-state index is 11.9. The van der Waals surface area contributed by atoms with Gasteiger partial charge in [-0.3, -0.25) is 3.97 Å². The van der Waals surface area contributed by atoms with Gasteiger partial charge in [-0.15, -0.1) is 0 Å². The lowest BCUT2D eigenvalue weighted by Gasteiger charge is -2.05. The van der Waals surface area contributed by atoms with Crippen LogP contribution < -0.4 is 5.73 Å². The molecular weight excluding hydrogens is 196 g/mol. The first-order valence-corrected chi connectivity index (χ1v) is 5.29. The summed E-state index contributed by atoms with van der Waals surface area (Å²) in [4.78, 5) is 0.642. The third-order valence-electron chi connectivity index (χ3n) is 1.88. The van der Waals surface area contributed by atoms with E-state index in [1.54, 1.807) is 28.5 Å². The van der Waals surface area contributed by atoms with Crippen LogP contribution in [-0.2, 0) is 11.0 Å². The summed E-state index contributed by atoms with van der Waals surface area (Å²) in [5.74, 6) is 0. The first-order chi connectivity index (χ1) is 6.79. The first kappa shape index (κ1) is 9.02. The van der Waals surface area contributed by atoms with Gasteiger partial charge in [0.2, 0.25) is 0 Å². The molecule has 0 aliphatic carbocycles. The predicted molar refractivity (Wildman–Crippen MR) is 57.1 cm³/mol. The van der Waals surface area contributed by atoms with Gasteiger partial charge in [0.25, 0.3) is 0 Å². The van der Waals surface area contributed by atoms with Gasteiger partial charge in [0.1, 0.15) is 0 Å². The van der Waals surface area contributed by atoms with Crippen molar-refractivity contribution in [1.82, 2.24) is 3.97 Å². The minimum Gasteiger partial charge on any atom is -0.398 e. The van der Waals surface area contributed by atoms with Crippen molar-refractivity contribution in [2.45, 2.75) is 4.90 Å². The van der Waals surface area contributed by atoms with Crippen LogP contribution in [0.5, 0.6) is 0 Å². The third-order valence-corrected chi connectivity index (χ3v) is 3.25. The van der Waals surface area contributed by atoms with Crippen molar-refractivity contribution in [1.29, 1.82) is 0 Å². The van der Waals surface area contributed by atoms with Gasteiger partial charge >= 0.3 is 0 Å². The number of nitrogens with two attached hydrogens (primary N) is 1. The molecule has 1 heterocycles. The van der Waals surface area contributed by atoms with Crippen LogP contribution in [0.15, 0.2) is 53.7 Å². The van der Waals surface area contributed by atoms with Crippen LogP contribution in [0.2, 0.25) is 0 Å². The average molecular weight is 206 g/mol. The quantitative estimate of drug-likeness (QED) is 0.759. The van der Waals surface area contributed by atoms with Gasteiger partial charge in [-0.2, -0.15) is 0 Å². The van der Waals surface area contributed by atoms with E-state index in [4.69, 9.17) is 5.73 Å². The standard InChI is InChI=1S/C10H10N2OS/c11-9-5-1-2-6-10(9)14(13)12-7-3-4-8-12/h1-8H,11H2. The van der Waals surface area contributed by atoms with Gasteiger partial charge < -0.3 is 5.73 Å². The Morgan fingerprint density at radius 1 is 1.07 bits per heavy atom. The smallest absolute Gasteiger partial charge is 0.158 e. The van der Waals surface area contributed by atoms with Crippen LogP contribution in [0.1, 0.15) is 0 Å². The molecule has 0 fully saturated rings. The zero-order valence-corrected chi connectivity index (χ0v) is 8.28. The van der Waals surface area contributed by atoms with Crippen LogP contribution >= 0.6 is 0 Å². The summed E-state index contributed by atoms with van der Waals surface area (Å²) in [6.45, 7) is 0. The zero-order chi connectivity index (χ0) is 9.97. The molecule has 0 saturated carbocycles. The van der Waals surface area contributed by atoms with Crippen LogP contribution in [0.25, 0.3) is 0 Å². The van der Waals surface area contributed by atoms with Crippen molar-refractivity contribution in [2.75, 3.05) is 5.73 Å². The summed E-state index contributed by atoms with van der Waals surface area (Å²) in [7, 11) is -1.24. The van der Waals surface area contributed by atoms with Crippen molar-refractivity contribution in [2.24, 2.45) is 0 Å². The van der Waals surface area contributed by atoms with Gasteiger partial charge in [0.05, 0.1) is 4.90 Å². The van der Waals surface area contributed by atoms with E-state index in [0.29, 0.717) is 10.6 Å². The lowest BCUT2D eigenvalue weighted by molar-refractivity contribution is 0.678. The number of hydrogen-bond donors (Lipinski definition) is 1. The highest BCUT2D eigenvalue weighted by Crippen LogP contribution is 2.16. The molecule has 14 heavy (non-hydrogen) atoms. The fraction of sp³-hybridized carbons (Fsp3) is 0. The molecule has 4 heteroatoms. The molecule has 0 saturated heterocycles. The van der Waals surface area contributed by atoms with Crippen LogP contribution in [0.3, 0.4) is 0 Å². The minimum atomic E-state index is -1.24. The summed E-state index contributed by atoms with van der Waals surface area (Å²) in [6.07, 6.45) is 3.51. The molecule has 2 rings (SSSR count). The van der Waals surface area contributed by atoms with Crippen molar-refractivity contribution >= 4 is 16.7 Å². The van der Waals surface area contributed by atoms with Crippen molar-refractivity contribution in [3.8, 4) is 0 Å². The lowest BCUT2D eigenvalue weighted by atomic mass is 10.3. The SMILES string of the molecule is Nc1ccccc1S(=O)n1cccc1.